The lowest BCUT2D eigenvalue weighted by atomic mass is 10.1. The Morgan fingerprint density at radius 3 is 1.77 bits per heavy atom. The van der Waals surface area contributed by atoms with Crippen molar-refractivity contribution < 1.29 is 42.9 Å². The molecule has 2 amide bonds. The number of carbonyl (C=O) groups excluding carboxylic acids is 5. The first-order valence-electron chi connectivity index (χ1n) is 14.6. The minimum atomic E-state index is -1.38. The van der Waals surface area contributed by atoms with Crippen molar-refractivity contribution in [3.63, 3.8) is 0 Å². The van der Waals surface area contributed by atoms with Crippen LogP contribution >= 0.6 is 0 Å². The molecule has 0 aliphatic carbocycles. The third kappa shape index (κ3) is 18.7. The zero-order chi connectivity index (χ0) is 32.8. The highest BCUT2D eigenvalue weighted by molar-refractivity contribution is 6.76. The van der Waals surface area contributed by atoms with Crippen LogP contribution in [0.4, 0.5) is 4.79 Å². The normalized spacial score (nSPS) is 13.2. The Kier molecular flexibility index (Phi) is 14.9. The molecule has 1 aromatic carbocycles. The first-order chi connectivity index (χ1) is 19.7. The van der Waals surface area contributed by atoms with Gasteiger partial charge in [0.1, 0.15) is 29.9 Å². The summed E-state index contributed by atoms with van der Waals surface area (Å²) in [7, 11) is -1.38. The van der Waals surface area contributed by atoms with Gasteiger partial charge >= 0.3 is 24.0 Å². The van der Waals surface area contributed by atoms with Gasteiger partial charge in [-0.2, -0.15) is 0 Å². The summed E-state index contributed by atoms with van der Waals surface area (Å²) in [4.78, 5) is 63.4. The highest BCUT2D eigenvalue weighted by atomic mass is 28.3. The van der Waals surface area contributed by atoms with Crippen molar-refractivity contribution in [2.24, 2.45) is 0 Å². The zero-order valence-corrected chi connectivity index (χ0v) is 28.2. The van der Waals surface area contributed by atoms with Gasteiger partial charge in [-0.1, -0.05) is 50.0 Å². The zero-order valence-electron chi connectivity index (χ0n) is 27.2. The molecule has 0 unspecified atom stereocenters. The molecule has 0 radical (unpaired) electrons. The van der Waals surface area contributed by atoms with Crippen molar-refractivity contribution in [2.75, 3.05) is 6.61 Å². The van der Waals surface area contributed by atoms with Gasteiger partial charge in [0.2, 0.25) is 5.91 Å². The summed E-state index contributed by atoms with van der Waals surface area (Å²) >= 11 is 0. The second-order valence-electron chi connectivity index (χ2n) is 13.6. The molecular weight excluding hydrogens is 572 g/mol. The number of amides is 2. The molecule has 1 rings (SSSR count). The Labute approximate surface area is 256 Å². The molecule has 11 nitrogen and oxygen atoms in total. The number of rotatable bonds is 15. The standard InChI is InChI=1S/C31H50N2O9Si/c1-30(2,3)41-27(36)23(16-18-26(35)39-19-20-43(7,8)9)32-25(34)17-15-24(28(37)42-31(4,5)6)33-29(38)40-21-22-13-11-10-12-14-22/h10-14,23-24H,15-21H2,1-9H3,(H,32,34)(H,33,38)/t23-,24-/m0/s1. The van der Waals surface area contributed by atoms with Crippen LogP contribution in [0, 0.1) is 0 Å². The van der Waals surface area contributed by atoms with Crippen molar-refractivity contribution in [1.29, 1.82) is 0 Å². The average Bonchev–Trinajstić information content (AvgIpc) is 2.85. The van der Waals surface area contributed by atoms with Crippen LogP contribution in [0.25, 0.3) is 0 Å². The van der Waals surface area contributed by atoms with Crippen molar-refractivity contribution >= 4 is 38.0 Å². The highest BCUT2D eigenvalue weighted by Crippen LogP contribution is 2.14. The SMILES string of the molecule is CC(C)(C)OC(=O)[C@H](CCC(=O)OCC[Si](C)(C)C)NC(=O)CC[C@H](NC(=O)OCc1ccccc1)C(=O)OC(C)(C)C. The topological polar surface area (TPSA) is 146 Å². The number of nitrogens with one attached hydrogen (secondary N) is 2. The van der Waals surface area contributed by atoms with E-state index < -0.39 is 61.3 Å². The summed E-state index contributed by atoms with van der Waals surface area (Å²) in [5.41, 5.74) is -0.887. The summed E-state index contributed by atoms with van der Waals surface area (Å²) in [6.07, 6.45) is -1.32. The Hall–Kier alpha value is -3.41. The molecular formula is C31H50N2O9Si. The van der Waals surface area contributed by atoms with Gasteiger partial charge < -0.3 is 29.6 Å². The summed E-state index contributed by atoms with van der Waals surface area (Å²) < 4.78 is 21.4. The summed E-state index contributed by atoms with van der Waals surface area (Å²) in [6.45, 7) is 17.0. The van der Waals surface area contributed by atoms with Gasteiger partial charge in [0.25, 0.3) is 0 Å². The maximum absolute atomic E-state index is 12.9. The molecule has 0 fully saturated rings. The van der Waals surface area contributed by atoms with Gasteiger partial charge in [-0.05, 0) is 66.0 Å². The lowest BCUT2D eigenvalue weighted by molar-refractivity contribution is -0.160. The van der Waals surface area contributed by atoms with E-state index in [0.717, 1.165) is 11.6 Å². The predicted octanol–water partition coefficient (Wildman–Crippen LogP) is 4.89. The maximum Gasteiger partial charge on any atom is 0.408 e. The molecule has 0 aliphatic heterocycles. The summed E-state index contributed by atoms with van der Waals surface area (Å²) in [6, 6.07) is 7.55. The second kappa shape index (κ2) is 17.0. The molecule has 2 N–H and O–H groups in total. The van der Waals surface area contributed by atoms with E-state index in [1.54, 1.807) is 65.8 Å². The summed E-state index contributed by atoms with van der Waals surface area (Å²) in [5, 5.41) is 5.08. The van der Waals surface area contributed by atoms with E-state index in [9.17, 15) is 24.0 Å². The summed E-state index contributed by atoms with van der Waals surface area (Å²) in [5.74, 6) is -2.47. The Morgan fingerprint density at radius 2 is 1.26 bits per heavy atom. The monoisotopic (exact) mass is 622 g/mol. The minimum Gasteiger partial charge on any atom is -0.466 e. The minimum absolute atomic E-state index is 0.00760. The molecule has 0 aliphatic rings. The van der Waals surface area contributed by atoms with E-state index in [4.69, 9.17) is 18.9 Å². The molecule has 12 heteroatoms. The maximum atomic E-state index is 12.9. The van der Waals surface area contributed by atoms with Gasteiger partial charge in [0.05, 0.1) is 6.61 Å². The van der Waals surface area contributed by atoms with Crippen molar-refractivity contribution in [3.05, 3.63) is 35.9 Å². The molecule has 0 spiro atoms. The number of esters is 3. The fourth-order valence-electron chi connectivity index (χ4n) is 3.50. The molecule has 0 saturated carbocycles. The van der Waals surface area contributed by atoms with E-state index in [1.165, 1.54) is 0 Å². The van der Waals surface area contributed by atoms with E-state index in [-0.39, 0.29) is 32.3 Å². The Balaban J connectivity index is 2.85. The van der Waals surface area contributed by atoms with Gasteiger partial charge in [0.15, 0.2) is 0 Å². The smallest absolute Gasteiger partial charge is 0.408 e. The third-order valence-corrected chi connectivity index (χ3v) is 7.34. The van der Waals surface area contributed by atoms with Gasteiger partial charge in [-0.25, -0.2) is 14.4 Å². The largest absolute Gasteiger partial charge is 0.466 e. The quantitative estimate of drug-likeness (QED) is 0.159. The van der Waals surface area contributed by atoms with E-state index in [2.05, 4.69) is 30.3 Å². The number of carbonyl (C=O) groups is 5. The number of hydrogen-bond donors (Lipinski definition) is 2. The lowest BCUT2D eigenvalue weighted by Gasteiger charge is -2.25. The van der Waals surface area contributed by atoms with Gasteiger partial charge in [-0.15, -0.1) is 0 Å². The van der Waals surface area contributed by atoms with Crippen molar-refractivity contribution in [1.82, 2.24) is 10.6 Å². The van der Waals surface area contributed by atoms with Gasteiger partial charge in [0, 0.05) is 20.9 Å². The fraction of sp³-hybridized carbons (Fsp3) is 0.645. The molecule has 2 atom stereocenters. The second-order valence-corrected chi connectivity index (χ2v) is 19.2. The molecule has 242 valence electrons. The Morgan fingerprint density at radius 1 is 0.744 bits per heavy atom. The molecule has 43 heavy (non-hydrogen) atoms. The fourth-order valence-corrected chi connectivity index (χ4v) is 4.21. The number of ether oxygens (including phenoxy) is 4. The first-order valence-corrected chi connectivity index (χ1v) is 18.3. The average molecular weight is 623 g/mol. The number of alkyl carbamates (subject to hydrolysis) is 1. The number of benzene rings is 1. The van der Waals surface area contributed by atoms with E-state index in [0.29, 0.717) is 6.61 Å². The highest BCUT2D eigenvalue weighted by Gasteiger charge is 2.30. The van der Waals surface area contributed by atoms with Gasteiger partial charge in [-0.3, -0.25) is 9.59 Å². The number of hydrogen-bond acceptors (Lipinski definition) is 9. The van der Waals surface area contributed by atoms with Crippen LogP contribution < -0.4 is 10.6 Å². The van der Waals surface area contributed by atoms with Crippen LogP contribution in [0.1, 0.15) is 72.8 Å². The van der Waals surface area contributed by atoms with Crippen LogP contribution in [0.2, 0.25) is 25.7 Å². The predicted molar refractivity (Wildman–Crippen MR) is 165 cm³/mol. The molecule has 0 saturated heterocycles. The van der Waals surface area contributed by atoms with Crippen LogP contribution in [-0.2, 0) is 44.7 Å². The molecule has 0 bridgehead atoms. The molecule has 0 heterocycles. The van der Waals surface area contributed by atoms with E-state index in [1.807, 2.05) is 6.07 Å². The van der Waals surface area contributed by atoms with Crippen LogP contribution in [-0.4, -0.2) is 67.9 Å². The molecule has 0 aromatic heterocycles. The molecule has 1 aromatic rings. The van der Waals surface area contributed by atoms with Crippen molar-refractivity contribution in [2.45, 2.75) is 123 Å². The van der Waals surface area contributed by atoms with Crippen LogP contribution in [0.3, 0.4) is 0 Å². The van der Waals surface area contributed by atoms with Crippen LogP contribution in [0.5, 0.6) is 0 Å². The van der Waals surface area contributed by atoms with E-state index >= 15 is 0 Å². The Bertz CT molecular complexity index is 1070. The third-order valence-electron chi connectivity index (χ3n) is 5.63. The first kappa shape index (κ1) is 37.6. The van der Waals surface area contributed by atoms with Crippen LogP contribution in [0.15, 0.2) is 30.3 Å². The van der Waals surface area contributed by atoms with Crippen molar-refractivity contribution in [3.8, 4) is 0 Å². The lowest BCUT2D eigenvalue weighted by Crippen LogP contribution is -2.47.